The third kappa shape index (κ3) is 4.13. The van der Waals surface area contributed by atoms with E-state index >= 15 is 0 Å². The van der Waals surface area contributed by atoms with Gasteiger partial charge in [0.15, 0.2) is 0 Å². The van der Waals surface area contributed by atoms with E-state index in [2.05, 4.69) is 24.1 Å². The summed E-state index contributed by atoms with van der Waals surface area (Å²) in [6.45, 7) is 8.45. The second-order valence-electron chi connectivity index (χ2n) is 4.41. The number of ether oxygens (including phenoxy) is 1. The summed E-state index contributed by atoms with van der Waals surface area (Å²) in [4.78, 5) is 12.0. The van der Waals surface area contributed by atoms with Crippen molar-refractivity contribution in [2.75, 3.05) is 26.3 Å². The van der Waals surface area contributed by atoms with E-state index in [1.807, 2.05) is 6.08 Å². The van der Waals surface area contributed by atoms with E-state index in [1.54, 1.807) is 0 Å². The van der Waals surface area contributed by atoms with E-state index in [0.717, 1.165) is 32.2 Å². The zero-order valence-corrected chi connectivity index (χ0v) is 10.8. The molecule has 1 fully saturated rings. The van der Waals surface area contributed by atoms with Crippen LogP contribution in [-0.2, 0) is 9.53 Å². The lowest BCUT2D eigenvalue weighted by atomic mass is 9.93. The fraction of sp³-hybridized carbons (Fsp3) is 0.769. The van der Waals surface area contributed by atoms with E-state index in [0.29, 0.717) is 19.8 Å². The van der Waals surface area contributed by atoms with Gasteiger partial charge in [0.1, 0.15) is 0 Å². The van der Waals surface area contributed by atoms with E-state index < -0.39 is 0 Å². The molecule has 0 aromatic rings. The normalized spacial score (nSPS) is 23.6. The van der Waals surface area contributed by atoms with Gasteiger partial charge < -0.3 is 15.4 Å². The van der Waals surface area contributed by atoms with Gasteiger partial charge in [0.25, 0.3) is 0 Å². The van der Waals surface area contributed by atoms with Gasteiger partial charge in [0.2, 0.25) is 5.91 Å². The molecule has 0 saturated carbocycles. The predicted octanol–water partition coefficient (Wildman–Crippen LogP) is 1.23. The molecule has 0 aromatic heterocycles. The van der Waals surface area contributed by atoms with Gasteiger partial charge in [-0.3, -0.25) is 4.79 Å². The first-order chi connectivity index (χ1) is 8.25. The van der Waals surface area contributed by atoms with Gasteiger partial charge in [-0.2, -0.15) is 0 Å². The van der Waals surface area contributed by atoms with Crippen molar-refractivity contribution < 1.29 is 9.53 Å². The van der Waals surface area contributed by atoms with Gasteiger partial charge in [-0.05, 0) is 32.2 Å². The van der Waals surface area contributed by atoms with Gasteiger partial charge in [-0.1, -0.05) is 13.0 Å². The molecule has 0 bridgehead atoms. The maximum Gasteiger partial charge on any atom is 0.240 e. The smallest absolute Gasteiger partial charge is 0.240 e. The Hall–Kier alpha value is -0.870. The topological polar surface area (TPSA) is 50.4 Å². The standard InChI is InChI=1S/C13H24N2O2/c1-3-5-10-17-11-9-14-12(16)13(4-2)7-6-8-15-13/h3,15H,1,4-11H2,2H3,(H,14,16). The van der Waals surface area contributed by atoms with E-state index in [4.69, 9.17) is 4.74 Å². The van der Waals surface area contributed by atoms with E-state index in [1.165, 1.54) is 0 Å². The minimum Gasteiger partial charge on any atom is -0.379 e. The average Bonchev–Trinajstić information content (AvgIpc) is 2.83. The Morgan fingerprint density at radius 2 is 2.41 bits per heavy atom. The number of nitrogens with one attached hydrogen (secondary N) is 2. The van der Waals surface area contributed by atoms with Crippen LogP contribution in [0.4, 0.5) is 0 Å². The van der Waals surface area contributed by atoms with Crippen LogP contribution in [0.5, 0.6) is 0 Å². The highest BCUT2D eigenvalue weighted by molar-refractivity contribution is 5.86. The highest BCUT2D eigenvalue weighted by Crippen LogP contribution is 2.22. The van der Waals surface area contributed by atoms with Gasteiger partial charge >= 0.3 is 0 Å². The van der Waals surface area contributed by atoms with Crippen molar-refractivity contribution in [3.8, 4) is 0 Å². The molecule has 2 N–H and O–H groups in total. The van der Waals surface area contributed by atoms with Crippen molar-refractivity contribution in [2.24, 2.45) is 0 Å². The highest BCUT2D eigenvalue weighted by atomic mass is 16.5. The summed E-state index contributed by atoms with van der Waals surface area (Å²) in [5, 5.41) is 6.26. The number of rotatable bonds is 8. The van der Waals surface area contributed by atoms with Crippen LogP contribution in [-0.4, -0.2) is 37.7 Å². The molecule has 17 heavy (non-hydrogen) atoms. The van der Waals surface area contributed by atoms with E-state index in [9.17, 15) is 4.79 Å². The summed E-state index contributed by atoms with van der Waals surface area (Å²) >= 11 is 0. The van der Waals surface area contributed by atoms with Crippen molar-refractivity contribution in [3.63, 3.8) is 0 Å². The molecule has 0 radical (unpaired) electrons. The first kappa shape index (κ1) is 14.2. The second-order valence-corrected chi connectivity index (χ2v) is 4.41. The Morgan fingerprint density at radius 3 is 3.00 bits per heavy atom. The molecular weight excluding hydrogens is 216 g/mol. The molecule has 0 aliphatic carbocycles. The molecule has 1 saturated heterocycles. The van der Waals surface area contributed by atoms with Crippen LogP contribution in [0.25, 0.3) is 0 Å². The number of hydrogen-bond acceptors (Lipinski definition) is 3. The van der Waals surface area contributed by atoms with Gasteiger partial charge in [0, 0.05) is 6.54 Å². The lowest BCUT2D eigenvalue weighted by molar-refractivity contribution is -0.127. The Bertz CT molecular complexity index is 248. The van der Waals surface area contributed by atoms with Crippen molar-refractivity contribution in [1.82, 2.24) is 10.6 Å². The third-order valence-corrected chi connectivity index (χ3v) is 3.28. The Morgan fingerprint density at radius 1 is 1.59 bits per heavy atom. The average molecular weight is 240 g/mol. The van der Waals surface area contributed by atoms with Crippen LogP contribution < -0.4 is 10.6 Å². The van der Waals surface area contributed by atoms with Crippen LogP contribution in [0.2, 0.25) is 0 Å². The summed E-state index contributed by atoms with van der Waals surface area (Å²) in [6, 6.07) is 0. The Labute approximate surface area is 104 Å². The molecule has 1 unspecified atom stereocenters. The summed E-state index contributed by atoms with van der Waals surface area (Å²) in [6.07, 6.45) is 5.54. The number of carbonyl (C=O) groups is 1. The van der Waals surface area contributed by atoms with Crippen molar-refractivity contribution >= 4 is 5.91 Å². The van der Waals surface area contributed by atoms with E-state index in [-0.39, 0.29) is 11.4 Å². The first-order valence-corrected chi connectivity index (χ1v) is 6.47. The van der Waals surface area contributed by atoms with Gasteiger partial charge in [-0.25, -0.2) is 0 Å². The number of amides is 1. The lowest BCUT2D eigenvalue weighted by Crippen LogP contribution is -2.53. The molecule has 1 aliphatic heterocycles. The van der Waals surface area contributed by atoms with Crippen LogP contribution >= 0.6 is 0 Å². The van der Waals surface area contributed by atoms with Crippen molar-refractivity contribution in [3.05, 3.63) is 12.7 Å². The van der Waals surface area contributed by atoms with Crippen molar-refractivity contribution in [2.45, 2.75) is 38.1 Å². The second kappa shape index (κ2) is 7.45. The molecular formula is C13H24N2O2. The molecule has 4 heteroatoms. The number of hydrogen-bond donors (Lipinski definition) is 2. The largest absolute Gasteiger partial charge is 0.379 e. The maximum atomic E-state index is 12.0. The molecule has 0 spiro atoms. The van der Waals surface area contributed by atoms with Gasteiger partial charge in [0.05, 0.1) is 18.8 Å². The molecule has 1 atom stereocenters. The molecule has 4 nitrogen and oxygen atoms in total. The Balaban J connectivity index is 2.17. The first-order valence-electron chi connectivity index (χ1n) is 6.47. The van der Waals surface area contributed by atoms with Gasteiger partial charge in [-0.15, -0.1) is 6.58 Å². The zero-order chi connectivity index (χ0) is 12.6. The fourth-order valence-electron chi connectivity index (χ4n) is 2.14. The fourth-order valence-corrected chi connectivity index (χ4v) is 2.14. The predicted molar refractivity (Wildman–Crippen MR) is 68.9 cm³/mol. The summed E-state index contributed by atoms with van der Waals surface area (Å²) < 4.78 is 5.35. The Kier molecular flexibility index (Phi) is 6.22. The molecule has 1 aliphatic rings. The summed E-state index contributed by atoms with van der Waals surface area (Å²) in [5.74, 6) is 0.116. The SMILES string of the molecule is C=CCCOCCNC(=O)C1(CC)CCCN1. The monoisotopic (exact) mass is 240 g/mol. The third-order valence-electron chi connectivity index (χ3n) is 3.28. The molecule has 1 rings (SSSR count). The van der Waals surface area contributed by atoms with Crippen LogP contribution in [0.15, 0.2) is 12.7 Å². The summed E-state index contributed by atoms with van der Waals surface area (Å²) in [7, 11) is 0. The summed E-state index contributed by atoms with van der Waals surface area (Å²) in [5.41, 5.74) is -0.332. The van der Waals surface area contributed by atoms with Crippen LogP contribution in [0.3, 0.4) is 0 Å². The quantitative estimate of drug-likeness (QED) is 0.495. The molecule has 1 amide bonds. The maximum absolute atomic E-state index is 12.0. The zero-order valence-electron chi connectivity index (χ0n) is 10.8. The van der Waals surface area contributed by atoms with Crippen LogP contribution in [0, 0.1) is 0 Å². The molecule has 98 valence electrons. The highest BCUT2D eigenvalue weighted by Gasteiger charge is 2.38. The lowest BCUT2D eigenvalue weighted by Gasteiger charge is -2.26. The molecule has 1 heterocycles. The minimum atomic E-state index is -0.332. The van der Waals surface area contributed by atoms with Crippen molar-refractivity contribution in [1.29, 1.82) is 0 Å². The minimum absolute atomic E-state index is 0.116. The molecule has 0 aromatic carbocycles. The van der Waals surface area contributed by atoms with Crippen LogP contribution in [0.1, 0.15) is 32.6 Å². The number of carbonyl (C=O) groups excluding carboxylic acids is 1.